The van der Waals surface area contributed by atoms with Gasteiger partial charge in [-0.3, -0.25) is 0 Å². The average Bonchev–Trinajstić information content (AvgIpc) is 2.84. The molecule has 1 fully saturated rings. The summed E-state index contributed by atoms with van der Waals surface area (Å²) in [5.74, 6) is -0.246. The highest BCUT2D eigenvalue weighted by Gasteiger charge is 2.30. The van der Waals surface area contributed by atoms with Gasteiger partial charge >= 0.3 is 0 Å². The molecule has 7 heteroatoms. The highest BCUT2D eigenvalue weighted by Crippen LogP contribution is 2.31. The summed E-state index contributed by atoms with van der Waals surface area (Å²) >= 11 is 6.02. The molecule has 0 N–H and O–H groups in total. The zero-order valence-corrected chi connectivity index (χ0v) is 19.7. The number of aldehydes is 1. The standard InChI is InChI=1S/C26H30BClFO4/c1-26(16-30,17-33-25-4-2-3-11-32-25)14-20(15-27-18-31)12-19-5-7-21(8-6-19)23-13-22(28)9-10-24(23)29/h5-10,13,16,18,20,25H,2-4,11-12,14-15,17H2,1H3/t20-,25?,26-/m1/s1. The number of benzene rings is 2. The maximum Gasteiger partial charge on any atom is 0.197 e. The Morgan fingerprint density at radius 3 is 2.70 bits per heavy atom. The normalized spacial score (nSPS) is 18.8. The van der Waals surface area contributed by atoms with Crippen molar-refractivity contribution < 1.29 is 23.5 Å². The molecule has 0 amide bonds. The first-order valence-electron chi connectivity index (χ1n) is 11.4. The molecule has 2 aromatic carbocycles. The van der Waals surface area contributed by atoms with Crippen LogP contribution < -0.4 is 0 Å². The van der Waals surface area contributed by atoms with Gasteiger partial charge in [0.1, 0.15) is 12.1 Å². The second kappa shape index (κ2) is 12.4. The van der Waals surface area contributed by atoms with E-state index in [0.29, 0.717) is 36.4 Å². The van der Waals surface area contributed by atoms with Gasteiger partial charge in [0.05, 0.1) is 12.8 Å². The fourth-order valence-electron chi connectivity index (χ4n) is 4.29. The van der Waals surface area contributed by atoms with E-state index in [1.54, 1.807) is 13.3 Å². The molecule has 0 spiro atoms. The maximum atomic E-state index is 14.2. The first kappa shape index (κ1) is 25.6. The molecular formula is C26H30BClFO4. The van der Waals surface area contributed by atoms with Crippen molar-refractivity contribution in [3.8, 4) is 11.1 Å². The van der Waals surface area contributed by atoms with Crippen LogP contribution in [0.5, 0.6) is 0 Å². The molecular weight excluding hydrogens is 442 g/mol. The van der Waals surface area contributed by atoms with Crippen LogP contribution >= 0.6 is 11.6 Å². The monoisotopic (exact) mass is 471 g/mol. The minimum Gasteiger partial charge on any atom is -0.353 e. The summed E-state index contributed by atoms with van der Waals surface area (Å²) in [5.41, 5.74) is 1.57. The fourth-order valence-corrected chi connectivity index (χ4v) is 4.46. The fraction of sp³-hybridized carbons (Fsp3) is 0.462. The Morgan fingerprint density at radius 1 is 1.24 bits per heavy atom. The van der Waals surface area contributed by atoms with Gasteiger partial charge in [-0.1, -0.05) is 49.1 Å². The van der Waals surface area contributed by atoms with E-state index in [2.05, 4.69) is 0 Å². The minimum absolute atomic E-state index is 0.0787. The molecule has 0 aromatic heterocycles. The smallest absolute Gasteiger partial charge is 0.197 e. The molecule has 0 aliphatic carbocycles. The van der Waals surface area contributed by atoms with Gasteiger partial charge in [-0.05, 0) is 67.3 Å². The number of carbonyl (C=O) groups is 2. The van der Waals surface area contributed by atoms with E-state index in [-0.39, 0.29) is 24.6 Å². The Kier molecular flexibility index (Phi) is 9.66. The topological polar surface area (TPSA) is 52.6 Å². The molecule has 1 aliphatic rings. The molecule has 2 aromatic rings. The molecule has 0 bridgehead atoms. The van der Waals surface area contributed by atoms with Gasteiger partial charge in [0.15, 0.2) is 13.6 Å². The van der Waals surface area contributed by atoms with E-state index in [9.17, 15) is 14.0 Å². The van der Waals surface area contributed by atoms with E-state index in [4.69, 9.17) is 21.1 Å². The van der Waals surface area contributed by atoms with Crippen LogP contribution in [0.25, 0.3) is 11.1 Å². The van der Waals surface area contributed by atoms with Crippen molar-refractivity contribution in [1.82, 2.24) is 0 Å². The highest BCUT2D eigenvalue weighted by atomic mass is 35.5. The van der Waals surface area contributed by atoms with Crippen LogP contribution in [0.3, 0.4) is 0 Å². The van der Waals surface area contributed by atoms with E-state index < -0.39 is 5.41 Å². The number of hydrogen-bond donors (Lipinski definition) is 0. The van der Waals surface area contributed by atoms with Gasteiger partial charge < -0.3 is 19.1 Å². The van der Waals surface area contributed by atoms with Crippen molar-refractivity contribution in [2.75, 3.05) is 13.2 Å². The van der Waals surface area contributed by atoms with E-state index in [0.717, 1.165) is 42.9 Å². The van der Waals surface area contributed by atoms with Gasteiger partial charge in [0.2, 0.25) is 0 Å². The van der Waals surface area contributed by atoms with Crippen molar-refractivity contribution in [1.29, 1.82) is 0 Å². The van der Waals surface area contributed by atoms with Gasteiger partial charge in [-0.2, -0.15) is 0 Å². The van der Waals surface area contributed by atoms with Crippen molar-refractivity contribution in [2.24, 2.45) is 11.3 Å². The number of halogens is 2. The molecule has 0 saturated carbocycles. The molecule has 1 heterocycles. The highest BCUT2D eigenvalue weighted by molar-refractivity contribution is 6.66. The molecule has 33 heavy (non-hydrogen) atoms. The predicted octanol–water partition coefficient (Wildman–Crippen LogP) is 5.76. The quantitative estimate of drug-likeness (QED) is 0.292. The largest absolute Gasteiger partial charge is 0.353 e. The van der Waals surface area contributed by atoms with E-state index in [1.807, 2.05) is 31.2 Å². The van der Waals surface area contributed by atoms with Gasteiger partial charge in [-0.15, -0.1) is 0 Å². The van der Waals surface area contributed by atoms with Crippen LogP contribution in [0.1, 0.15) is 38.2 Å². The molecule has 1 saturated heterocycles. The Balaban J connectivity index is 1.66. The SMILES string of the molecule is C[C@@](C=O)(COC1CCCCO1)C[C@H](C[B]C=O)Cc1ccc(-c2cc(Cl)ccc2F)cc1. The lowest BCUT2D eigenvalue weighted by Crippen LogP contribution is -2.33. The van der Waals surface area contributed by atoms with Crippen LogP contribution in [0, 0.1) is 17.2 Å². The summed E-state index contributed by atoms with van der Waals surface area (Å²) in [6, 6.07) is 12.1. The summed E-state index contributed by atoms with van der Waals surface area (Å²) in [5, 5.41) is 0.480. The summed E-state index contributed by atoms with van der Waals surface area (Å²) in [6.45, 7) is 2.86. The third-order valence-corrected chi connectivity index (χ3v) is 6.29. The average molecular weight is 472 g/mol. The van der Waals surface area contributed by atoms with Gasteiger partial charge in [0.25, 0.3) is 0 Å². The molecule has 3 atom stereocenters. The van der Waals surface area contributed by atoms with Crippen molar-refractivity contribution in [3.05, 3.63) is 58.9 Å². The van der Waals surface area contributed by atoms with Crippen LogP contribution in [-0.4, -0.2) is 39.3 Å². The van der Waals surface area contributed by atoms with Gasteiger partial charge in [0, 0.05) is 22.6 Å². The third-order valence-electron chi connectivity index (χ3n) is 6.06. The van der Waals surface area contributed by atoms with Crippen LogP contribution in [-0.2, 0) is 25.5 Å². The van der Waals surface area contributed by atoms with Crippen LogP contribution in [0.15, 0.2) is 42.5 Å². The first-order chi connectivity index (χ1) is 15.9. The predicted molar refractivity (Wildman–Crippen MR) is 130 cm³/mol. The molecule has 175 valence electrons. The van der Waals surface area contributed by atoms with E-state index in [1.165, 1.54) is 12.1 Å². The molecule has 1 aliphatic heterocycles. The molecule has 1 unspecified atom stereocenters. The Hall–Kier alpha value is -2.02. The Labute approximate surface area is 201 Å². The number of carbonyl (C=O) groups excluding carboxylic acids is 2. The number of ether oxygens (including phenoxy) is 2. The zero-order valence-electron chi connectivity index (χ0n) is 19.0. The van der Waals surface area contributed by atoms with Crippen LogP contribution in [0.2, 0.25) is 11.3 Å². The summed E-state index contributed by atoms with van der Waals surface area (Å²) in [7, 11) is 1.59. The van der Waals surface area contributed by atoms with Crippen molar-refractivity contribution in [3.63, 3.8) is 0 Å². The second-order valence-electron chi connectivity index (χ2n) is 9.08. The van der Waals surface area contributed by atoms with Gasteiger partial charge in [-0.25, -0.2) is 4.39 Å². The lowest BCUT2D eigenvalue weighted by Gasteiger charge is -2.31. The zero-order chi connectivity index (χ0) is 23.7. The molecule has 4 nitrogen and oxygen atoms in total. The number of hydrogen-bond acceptors (Lipinski definition) is 4. The van der Waals surface area contributed by atoms with E-state index >= 15 is 0 Å². The Bertz CT molecular complexity index is 917. The summed E-state index contributed by atoms with van der Waals surface area (Å²) in [4.78, 5) is 23.0. The summed E-state index contributed by atoms with van der Waals surface area (Å²) < 4.78 is 25.7. The Morgan fingerprint density at radius 2 is 2.03 bits per heavy atom. The summed E-state index contributed by atoms with van der Waals surface area (Å²) in [6.07, 6.45) is 6.28. The second-order valence-corrected chi connectivity index (χ2v) is 9.52. The molecule has 1 radical (unpaired) electrons. The molecule has 3 rings (SSSR count). The number of rotatable bonds is 12. The third kappa shape index (κ3) is 7.77. The van der Waals surface area contributed by atoms with Crippen molar-refractivity contribution in [2.45, 2.75) is 51.6 Å². The van der Waals surface area contributed by atoms with Crippen molar-refractivity contribution >= 4 is 31.4 Å². The van der Waals surface area contributed by atoms with Crippen LogP contribution in [0.4, 0.5) is 4.39 Å². The maximum absolute atomic E-state index is 14.2. The minimum atomic E-state index is -0.675. The first-order valence-corrected chi connectivity index (χ1v) is 11.8. The lowest BCUT2D eigenvalue weighted by molar-refractivity contribution is -0.178. The lowest BCUT2D eigenvalue weighted by atomic mass is 9.66.